The van der Waals surface area contributed by atoms with E-state index in [0.29, 0.717) is 54.0 Å². The van der Waals surface area contributed by atoms with Gasteiger partial charge in [0.1, 0.15) is 16.4 Å². The van der Waals surface area contributed by atoms with E-state index < -0.39 is 5.60 Å². The molecule has 0 bridgehead atoms. The van der Waals surface area contributed by atoms with Crippen molar-refractivity contribution in [2.75, 3.05) is 26.0 Å². The number of thiazole rings is 1. The van der Waals surface area contributed by atoms with Crippen LogP contribution in [0.25, 0.3) is 22.0 Å². The predicted octanol–water partition coefficient (Wildman–Crippen LogP) is 3.29. The number of amides is 1. The van der Waals surface area contributed by atoms with E-state index in [9.17, 15) is 9.90 Å². The normalized spacial score (nSPS) is 17.7. The van der Waals surface area contributed by atoms with E-state index in [2.05, 4.69) is 20.4 Å². The number of likely N-dealkylation sites (tertiary alicyclic amines) is 1. The van der Waals surface area contributed by atoms with Gasteiger partial charge in [-0.2, -0.15) is 0 Å². The number of nitrogens with zero attached hydrogens (tertiary/aromatic N) is 6. The molecule has 1 amide bonds. The Hall–Kier alpha value is -3.83. The number of aryl methyl sites for hydroxylation is 1. The molecule has 0 aliphatic carbocycles. The lowest BCUT2D eigenvalue weighted by molar-refractivity contribution is -0.143. The zero-order valence-electron chi connectivity index (χ0n) is 19.6. The minimum Gasteiger partial charge on any atom is -0.478 e. The lowest BCUT2D eigenvalue weighted by Crippen LogP contribution is -2.36. The third-order valence-corrected chi connectivity index (χ3v) is 6.90. The SMILES string of the molecule is CCn1cc(Nc2nccc(-c3csc(-c4cccc([C@]5(O)CCN(C)C5=O)c4)n3)n2)c(OC)n1. The predicted molar refractivity (Wildman–Crippen MR) is 132 cm³/mol. The molecule has 1 saturated heterocycles. The maximum atomic E-state index is 12.5. The molecule has 0 saturated carbocycles. The molecule has 5 rings (SSSR count). The van der Waals surface area contributed by atoms with E-state index in [0.717, 1.165) is 10.6 Å². The van der Waals surface area contributed by atoms with Gasteiger partial charge in [-0.25, -0.2) is 15.0 Å². The molecule has 10 nitrogen and oxygen atoms in total. The van der Waals surface area contributed by atoms with Crippen LogP contribution in [-0.4, -0.2) is 61.3 Å². The molecule has 4 heterocycles. The largest absolute Gasteiger partial charge is 0.478 e. The molecule has 2 N–H and O–H groups in total. The van der Waals surface area contributed by atoms with E-state index in [4.69, 9.17) is 9.72 Å². The Morgan fingerprint density at radius 1 is 1.26 bits per heavy atom. The molecule has 35 heavy (non-hydrogen) atoms. The first kappa shape index (κ1) is 22.9. The zero-order valence-corrected chi connectivity index (χ0v) is 20.4. The number of carbonyl (C=O) groups excluding carboxylic acids is 1. The number of hydrogen-bond acceptors (Lipinski definition) is 9. The molecule has 4 aromatic rings. The van der Waals surface area contributed by atoms with E-state index in [-0.39, 0.29) is 5.91 Å². The van der Waals surface area contributed by atoms with Crippen molar-refractivity contribution >= 4 is 28.9 Å². The smallest absolute Gasteiger partial charge is 0.258 e. The monoisotopic (exact) mass is 491 g/mol. The maximum absolute atomic E-state index is 12.5. The summed E-state index contributed by atoms with van der Waals surface area (Å²) in [6, 6.07) is 9.18. The van der Waals surface area contributed by atoms with E-state index in [1.165, 1.54) is 11.3 Å². The highest BCUT2D eigenvalue weighted by atomic mass is 32.1. The molecule has 0 spiro atoms. The molecule has 1 fully saturated rings. The summed E-state index contributed by atoms with van der Waals surface area (Å²) in [4.78, 5) is 27.7. The van der Waals surface area contributed by atoms with Crippen LogP contribution in [0.1, 0.15) is 18.9 Å². The van der Waals surface area contributed by atoms with Crippen LogP contribution in [0.2, 0.25) is 0 Å². The van der Waals surface area contributed by atoms with E-state index in [1.54, 1.807) is 42.1 Å². The fraction of sp³-hybridized carbons (Fsp3) is 0.292. The first-order valence-electron chi connectivity index (χ1n) is 11.2. The number of aromatic nitrogens is 5. The lowest BCUT2D eigenvalue weighted by Gasteiger charge is -2.21. The van der Waals surface area contributed by atoms with Crippen molar-refractivity contribution in [2.45, 2.75) is 25.5 Å². The van der Waals surface area contributed by atoms with Crippen molar-refractivity contribution in [1.82, 2.24) is 29.6 Å². The molecule has 1 aliphatic rings. The topological polar surface area (TPSA) is 118 Å². The van der Waals surface area contributed by atoms with Gasteiger partial charge >= 0.3 is 0 Å². The van der Waals surface area contributed by atoms with Crippen molar-refractivity contribution in [1.29, 1.82) is 0 Å². The minimum absolute atomic E-state index is 0.281. The average molecular weight is 492 g/mol. The van der Waals surface area contributed by atoms with Crippen LogP contribution in [0, 0.1) is 0 Å². The lowest BCUT2D eigenvalue weighted by atomic mass is 9.91. The molecule has 180 valence electrons. The number of benzene rings is 1. The van der Waals surface area contributed by atoms with Gasteiger partial charge in [0.15, 0.2) is 5.60 Å². The van der Waals surface area contributed by atoms with Crippen LogP contribution in [0.3, 0.4) is 0 Å². The third kappa shape index (κ3) is 4.24. The summed E-state index contributed by atoms with van der Waals surface area (Å²) in [5.41, 5.74) is 1.95. The first-order valence-corrected chi connectivity index (χ1v) is 12.1. The highest BCUT2D eigenvalue weighted by Crippen LogP contribution is 2.36. The maximum Gasteiger partial charge on any atom is 0.258 e. The van der Waals surface area contributed by atoms with Gasteiger partial charge in [0.25, 0.3) is 11.8 Å². The van der Waals surface area contributed by atoms with Crippen molar-refractivity contribution in [3.8, 4) is 27.8 Å². The Morgan fingerprint density at radius 2 is 2.11 bits per heavy atom. The highest BCUT2D eigenvalue weighted by molar-refractivity contribution is 7.13. The Kier molecular flexibility index (Phi) is 5.95. The van der Waals surface area contributed by atoms with Crippen LogP contribution in [0.5, 0.6) is 5.88 Å². The Balaban J connectivity index is 1.40. The highest BCUT2D eigenvalue weighted by Gasteiger charge is 2.45. The molecule has 0 radical (unpaired) electrons. The molecular weight excluding hydrogens is 466 g/mol. The van der Waals surface area contributed by atoms with Gasteiger partial charge in [0, 0.05) is 43.7 Å². The van der Waals surface area contributed by atoms with Gasteiger partial charge < -0.3 is 20.1 Å². The first-order chi connectivity index (χ1) is 16.9. The summed E-state index contributed by atoms with van der Waals surface area (Å²) in [6.45, 7) is 3.23. The fourth-order valence-corrected chi connectivity index (χ4v) is 4.85. The van der Waals surface area contributed by atoms with Gasteiger partial charge in [-0.15, -0.1) is 16.4 Å². The van der Waals surface area contributed by atoms with Crippen LogP contribution in [0.4, 0.5) is 11.6 Å². The Bertz CT molecular complexity index is 1380. The summed E-state index contributed by atoms with van der Waals surface area (Å²) < 4.78 is 7.09. The number of anilines is 2. The van der Waals surface area contributed by atoms with Crippen LogP contribution in [-0.2, 0) is 16.9 Å². The van der Waals surface area contributed by atoms with Gasteiger partial charge in [0.2, 0.25) is 5.95 Å². The van der Waals surface area contributed by atoms with E-state index >= 15 is 0 Å². The number of likely N-dealkylation sites (N-methyl/N-ethyl adjacent to an activating group) is 1. The molecule has 0 unspecified atom stereocenters. The molecule has 1 aliphatic heterocycles. The molecule has 3 aromatic heterocycles. The quantitative estimate of drug-likeness (QED) is 0.404. The van der Waals surface area contributed by atoms with Gasteiger partial charge in [-0.1, -0.05) is 18.2 Å². The number of rotatable bonds is 7. The summed E-state index contributed by atoms with van der Waals surface area (Å²) in [7, 11) is 3.27. The molecular formula is C24H25N7O3S. The van der Waals surface area contributed by atoms with Crippen LogP contribution >= 0.6 is 11.3 Å². The van der Waals surface area contributed by atoms with Crippen molar-refractivity contribution in [3.63, 3.8) is 0 Å². The molecule has 1 atom stereocenters. The number of carbonyl (C=O) groups is 1. The summed E-state index contributed by atoms with van der Waals surface area (Å²) in [5, 5.41) is 21.2. The number of ether oxygens (including phenoxy) is 1. The number of aliphatic hydroxyl groups is 1. The van der Waals surface area contributed by atoms with Gasteiger partial charge in [-0.3, -0.25) is 9.48 Å². The standard InChI is InChI=1S/C24H25N7O3S/c1-4-31-13-18(20(29-31)34-3)28-23-25-10-8-17(27-23)19-14-35-21(26-19)15-6-5-7-16(12-15)24(33)9-11-30(2)22(24)32/h5-8,10,12-14,33H,4,9,11H2,1-3H3,(H,25,27,28)/t24-/m1/s1. The second-order valence-corrected chi connectivity index (χ2v) is 9.11. The molecule has 11 heteroatoms. The second kappa shape index (κ2) is 9.08. The third-order valence-electron chi connectivity index (χ3n) is 6.01. The van der Waals surface area contributed by atoms with Crippen LogP contribution in [0.15, 0.2) is 48.1 Å². The summed E-state index contributed by atoms with van der Waals surface area (Å²) in [6.07, 6.45) is 3.87. The van der Waals surface area contributed by atoms with Crippen molar-refractivity contribution < 1.29 is 14.6 Å². The average Bonchev–Trinajstić information content (AvgIpc) is 3.60. The number of hydrogen-bond donors (Lipinski definition) is 2. The Morgan fingerprint density at radius 3 is 2.86 bits per heavy atom. The Labute approximate surface area is 206 Å². The zero-order chi connectivity index (χ0) is 24.6. The van der Waals surface area contributed by atoms with E-state index in [1.807, 2.05) is 36.7 Å². The van der Waals surface area contributed by atoms with Gasteiger partial charge in [-0.05, 0) is 24.6 Å². The van der Waals surface area contributed by atoms with Crippen molar-refractivity contribution in [3.05, 3.63) is 53.7 Å². The minimum atomic E-state index is -1.50. The van der Waals surface area contributed by atoms with Gasteiger partial charge in [0.05, 0.1) is 19.0 Å². The second-order valence-electron chi connectivity index (χ2n) is 8.25. The van der Waals surface area contributed by atoms with Crippen molar-refractivity contribution in [2.24, 2.45) is 0 Å². The molecule has 1 aromatic carbocycles. The van der Waals surface area contributed by atoms with Crippen LogP contribution < -0.4 is 10.1 Å². The summed E-state index contributed by atoms with van der Waals surface area (Å²) in [5.74, 6) is 0.584. The summed E-state index contributed by atoms with van der Waals surface area (Å²) >= 11 is 1.47. The number of methoxy groups -OCH3 is 1. The fourth-order valence-electron chi connectivity index (χ4n) is 4.04. The number of nitrogens with one attached hydrogen (secondary N) is 1.